The molecule has 120 valence electrons. The molecule has 1 aliphatic heterocycles. The molecule has 1 saturated heterocycles. The Morgan fingerprint density at radius 1 is 1.10 bits per heavy atom. The van der Waals surface area contributed by atoms with Crippen molar-refractivity contribution in [3.8, 4) is 0 Å². The SMILES string of the molecule is CC1OC(C)C(C(=O)NC(C(=O)O)C2CCCCC2)C1C. The fourth-order valence-electron chi connectivity index (χ4n) is 3.82. The molecule has 21 heavy (non-hydrogen) atoms. The molecule has 1 amide bonds. The molecule has 0 spiro atoms. The number of amides is 1. The van der Waals surface area contributed by atoms with Crippen molar-refractivity contribution in [3.05, 3.63) is 0 Å². The van der Waals surface area contributed by atoms with E-state index >= 15 is 0 Å². The normalized spacial score (nSPS) is 35.4. The summed E-state index contributed by atoms with van der Waals surface area (Å²) in [6.07, 6.45) is 4.93. The van der Waals surface area contributed by atoms with Gasteiger partial charge in [0.05, 0.1) is 18.1 Å². The van der Waals surface area contributed by atoms with Crippen LogP contribution in [-0.2, 0) is 14.3 Å². The van der Waals surface area contributed by atoms with Crippen LogP contribution in [0.3, 0.4) is 0 Å². The summed E-state index contributed by atoms with van der Waals surface area (Å²) < 4.78 is 5.69. The maximum absolute atomic E-state index is 12.5. The number of ether oxygens (including phenoxy) is 1. The molecule has 5 nitrogen and oxygen atoms in total. The molecule has 1 heterocycles. The Morgan fingerprint density at radius 3 is 2.19 bits per heavy atom. The average molecular weight is 297 g/mol. The smallest absolute Gasteiger partial charge is 0.326 e. The molecule has 0 aromatic heterocycles. The van der Waals surface area contributed by atoms with Crippen LogP contribution in [0.2, 0.25) is 0 Å². The number of carboxylic acid groups (broad SMARTS) is 1. The molecule has 2 rings (SSSR count). The number of carbonyl (C=O) groups is 2. The van der Waals surface area contributed by atoms with Crippen LogP contribution in [0.4, 0.5) is 0 Å². The van der Waals surface area contributed by atoms with Crippen molar-refractivity contribution in [1.29, 1.82) is 0 Å². The maximum Gasteiger partial charge on any atom is 0.326 e. The van der Waals surface area contributed by atoms with Crippen LogP contribution in [-0.4, -0.2) is 35.2 Å². The average Bonchev–Trinajstić information content (AvgIpc) is 2.70. The number of hydrogen-bond acceptors (Lipinski definition) is 3. The van der Waals surface area contributed by atoms with Crippen LogP contribution >= 0.6 is 0 Å². The lowest BCUT2D eigenvalue weighted by molar-refractivity contribution is -0.145. The molecule has 5 heteroatoms. The summed E-state index contributed by atoms with van der Waals surface area (Å²) in [6, 6.07) is -0.756. The third kappa shape index (κ3) is 3.57. The number of carbonyl (C=O) groups excluding carboxylic acids is 1. The maximum atomic E-state index is 12.5. The van der Waals surface area contributed by atoms with Crippen LogP contribution in [0.5, 0.6) is 0 Å². The van der Waals surface area contributed by atoms with E-state index in [9.17, 15) is 14.7 Å². The molecular formula is C16H27NO4. The van der Waals surface area contributed by atoms with Gasteiger partial charge in [-0.15, -0.1) is 0 Å². The number of aliphatic carboxylic acids is 1. The van der Waals surface area contributed by atoms with Gasteiger partial charge in [0.1, 0.15) is 6.04 Å². The minimum absolute atomic E-state index is 0.0358. The van der Waals surface area contributed by atoms with Crippen molar-refractivity contribution < 1.29 is 19.4 Å². The van der Waals surface area contributed by atoms with Gasteiger partial charge in [-0.3, -0.25) is 4.79 Å². The summed E-state index contributed by atoms with van der Waals surface area (Å²) in [5, 5.41) is 12.2. The van der Waals surface area contributed by atoms with Crippen LogP contribution in [0, 0.1) is 17.8 Å². The predicted octanol–water partition coefficient (Wildman–Crippen LogP) is 2.20. The quantitative estimate of drug-likeness (QED) is 0.834. The molecule has 2 aliphatic rings. The second kappa shape index (κ2) is 6.77. The van der Waals surface area contributed by atoms with Crippen molar-refractivity contribution >= 4 is 11.9 Å². The molecule has 0 aromatic carbocycles. The van der Waals surface area contributed by atoms with Gasteiger partial charge in [0.2, 0.25) is 5.91 Å². The molecule has 0 bridgehead atoms. The van der Waals surface area contributed by atoms with E-state index in [0.717, 1.165) is 25.7 Å². The fourth-order valence-corrected chi connectivity index (χ4v) is 3.82. The molecule has 1 saturated carbocycles. The first-order valence-electron chi connectivity index (χ1n) is 8.10. The lowest BCUT2D eigenvalue weighted by Crippen LogP contribution is -2.50. The van der Waals surface area contributed by atoms with Gasteiger partial charge >= 0.3 is 5.97 Å². The fraction of sp³-hybridized carbons (Fsp3) is 0.875. The van der Waals surface area contributed by atoms with Crippen LogP contribution in [0.25, 0.3) is 0 Å². The number of rotatable bonds is 4. The van der Waals surface area contributed by atoms with Crippen LogP contribution in [0.1, 0.15) is 52.9 Å². The van der Waals surface area contributed by atoms with Gasteiger partial charge < -0.3 is 15.2 Å². The summed E-state index contributed by atoms with van der Waals surface area (Å²) in [5.74, 6) is -1.17. The van der Waals surface area contributed by atoms with Gasteiger partial charge in [0.25, 0.3) is 0 Å². The lowest BCUT2D eigenvalue weighted by atomic mass is 9.83. The zero-order valence-electron chi connectivity index (χ0n) is 13.2. The van der Waals surface area contributed by atoms with Gasteiger partial charge in [-0.1, -0.05) is 26.2 Å². The zero-order chi connectivity index (χ0) is 15.6. The second-order valence-electron chi connectivity index (χ2n) is 6.65. The Morgan fingerprint density at radius 2 is 1.71 bits per heavy atom. The zero-order valence-corrected chi connectivity index (χ0v) is 13.2. The van der Waals surface area contributed by atoms with Gasteiger partial charge in [0, 0.05) is 0 Å². The highest BCUT2D eigenvalue weighted by Crippen LogP contribution is 2.33. The van der Waals surface area contributed by atoms with Crippen molar-refractivity contribution in [2.24, 2.45) is 17.8 Å². The molecule has 2 N–H and O–H groups in total. The van der Waals surface area contributed by atoms with Crippen molar-refractivity contribution in [3.63, 3.8) is 0 Å². The molecule has 5 unspecified atom stereocenters. The first-order chi connectivity index (χ1) is 9.91. The van der Waals surface area contributed by atoms with Gasteiger partial charge in [-0.25, -0.2) is 4.79 Å². The predicted molar refractivity (Wildman–Crippen MR) is 78.8 cm³/mol. The lowest BCUT2D eigenvalue weighted by Gasteiger charge is -2.29. The topological polar surface area (TPSA) is 75.6 Å². The van der Waals surface area contributed by atoms with E-state index in [0.29, 0.717) is 0 Å². The van der Waals surface area contributed by atoms with E-state index in [1.54, 1.807) is 0 Å². The molecule has 0 radical (unpaired) electrons. The number of carboxylic acids is 1. The molecule has 0 aromatic rings. The monoisotopic (exact) mass is 297 g/mol. The molecule has 1 aliphatic carbocycles. The van der Waals surface area contributed by atoms with E-state index in [1.165, 1.54) is 6.42 Å². The Bertz CT molecular complexity index is 392. The summed E-state index contributed by atoms with van der Waals surface area (Å²) in [7, 11) is 0. The number of nitrogens with one attached hydrogen (secondary N) is 1. The first kappa shape index (κ1) is 16.3. The van der Waals surface area contributed by atoms with Gasteiger partial charge in [-0.05, 0) is 38.5 Å². The number of hydrogen-bond donors (Lipinski definition) is 2. The van der Waals surface area contributed by atoms with Crippen molar-refractivity contribution in [2.45, 2.75) is 71.1 Å². The third-order valence-electron chi connectivity index (χ3n) is 5.23. The van der Waals surface area contributed by atoms with Crippen molar-refractivity contribution in [2.75, 3.05) is 0 Å². The highest BCUT2D eigenvalue weighted by atomic mass is 16.5. The Balaban J connectivity index is 2.02. The molecular weight excluding hydrogens is 270 g/mol. The van der Waals surface area contributed by atoms with E-state index in [4.69, 9.17) is 4.74 Å². The summed E-state index contributed by atoms with van der Waals surface area (Å²) >= 11 is 0. The van der Waals surface area contributed by atoms with Crippen LogP contribution < -0.4 is 5.32 Å². The Kier molecular flexibility index (Phi) is 5.25. The summed E-state index contributed by atoms with van der Waals surface area (Å²) in [6.45, 7) is 5.85. The standard InChI is InChI=1S/C16H27NO4/c1-9-10(2)21-11(3)13(9)15(18)17-14(16(19)20)12-7-5-4-6-8-12/h9-14H,4-8H2,1-3H3,(H,17,18)(H,19,20). The van der Waals surface area contributed by atoms with E-state index in [-0.39, 0.29) is 35.9 Å². The Labute approximate surface area is 126 Å². The van der Waals surface area contributed by atoms with Gasteiger partial charge in [0.15, 0.2) is 0 Å². The summed E-state index contributed by atoms with van der Waals surface area (Å²) in [4.78, 5) is 24.0. The van der Waals surface area contributed by atoms with Crippen LogP contribution in [0.15, 0.2) is 0 Å². The highest BCUT2D eigenvalue weighted by Gasteiger charge is 2.43. The molecule has 2 fully saturated rings. The van der Waals surface area contributed by atoms with Crippen molar-refractivity contribution in [1.82, 2.24) is 5.32 Å². The summed E-state index contributed by atoms with van der Waals surface area (Å²) in [5.41, 5.74) is 0. The minimum atomic E-state index is -0.914. The van der Waals surface area contributed by atoms with E-state index < -0.39 is 12.0 Å². The highest BCUT2D eigenvalue weighted by molar-refractivity contribution is 5.86. The molecule has 5 atom stereocenters. The largest absolute Gasteiger partial charge is 0.480 e. The van der Waals surface area contributed by atoms with Gasteiger partial charge in [-0.2, -0.15) is 0 Å². The second-order valence-corrected chi connectivity index (χ2v) is 6.65. The minimum Gasteiger partial charge on any atom is -0.480 e. The first-order valence-corrected chi connectivity index (χ1v) is 8.10. The van der Waals surface area contributed by atoms with E-state index in [2.05, 4.69) is 5.32 Å². The Hall–Kier alpha value is -1.10. The third-order valence-corrected chi connectivity index (χ3v) is 5.23. The van der Waals surface area contributed by atoms with E-state index in [1.807, 2.05) is 20.8 Å².